The van der Waals surface area contributed by atoms with Gasteiger partial charge in [0.1, 0.15) is 0 Å². The second-order valence-electron chi connectivity index (χ2n) is 12.0. The van der Waals surface area contributed by atoms with Crippen LogP contribution in [0.3, 0.4) is 0 Å². The van der Waals surface area contributed by atoms with Crippen molar-refractivity contribution in [2.75, 3.05) is 0 Å². The van der Waals surface area contributed by atoms with Gasteiger partial charge in [-0.05, 0) is 41.7 Å². The van der Waals surface area contributed by atoms with Crippen LogP contribution in [0.5, 0.6) is 0 Å². The molecule has 0 heterocycles. The molecule has 0 N–H and O–H groups in total. The second-order valence-corrected chi connectivity index (χ2v) is 12.0. The Morgan fingerprint density at radius 3 is 1.38 bits per heavy atom. The first kappa shape index (κ1) is 35.1. The van der Waals surface area contributed by atoms with Crippen molar-refractivity contribution in [3.8, 4) is 0 Å². The zero-order valence-electron chi connectivity index (χ0n) is 25.5. The van der Waals surface area contributed by atoms with E-state index >= 15 is 0 Å². The van der Waals surface area contributed by atoms with E-state index in [-0.39, 0.29) is 17.1 Å². The monoisotopic (exact) mass is 546 g/mol. The topological polar surface area (TPSA) is 49.5 Å². The minimum atomic E-state index is -0.750. The third-order valence-corrected chi connectivity index (χ3v) is 5.68. The number of para-hydroxylation sites is 2. The molecule has 0 saturated carbocycles. The molecule has 0 amide bonds. The standard InChI is InChI=1S/C29H41N2.C4H9O.Fe/c1-18(2)24-13-11-14-25(19(3)4)28(24)30-22(9)17-23(10)31-29-26(20(5)6)15-12-16-27(29)21(7)8;1-4(2,3)5;/h11-21H,1-10H3;1-3H3;/q2*-1;+2/b22-17-,31-23?;;. The summed E-state index contributed by atoms with van der Waals surface area (Å²) < 4.78 is 0. The summed E-state index contributed by atoms with van der Waals surface area (Å²) in [6.07, 6.45) is 2.11. The van der Waals surface area contributed by atoms with Crippen LogP contribution >= 0.6 is 0 Å². The van der Waals surface area contributed by atoms with Crippen LogP contribution in [0.25, 0.3) is 5.32 Å². The van der Waals surface area contributed by atoms with Crippen LogP contribution in [-0.4, -0.2) is 11.3 Å². The maximum atomic E-state index is 10.1. The predicted octanol–water partition coefficient (Wildman–Crippen LogP) is 10.0. The molecule has 37 heavy (non-hydrogen) atoms. The van der Waals surface area contributed by atoms with Gasteiger partial charge in [-0.3, -0.25) is 4.99 Å². The molecular weight excluding hydrogens is 496 g/mol. The molecule has 2 aromatic carbocycles. The van der Waals surface area contributed by atoms with E-state index in [1.807, 2.05) is 0 Å². The third kappa shape index (κ3) is 12.0. The summed E-state index contributed by atoms with van der Waals surface area (Å²) in [4.78, 5) is 5.08. The Morgan fingerprint density at radius 1 is 0.730 bits per heavy atom. The van der Waals surface area contributed by atoms with Gasteiger partial charge in [0.25, 0.3) is 0 Å². The van der Waals surface area contributed by atoms with Crippen LogP contribution in [0.15, 0.2) is 53.2 Å². The Kier molecular flexibility index (Phi) is 14.7. The van der Waals surface area contributed by atoms with Gasteiger partial charge in [-0.2, -0.15) is 5.70 Å². The fourth-order valence-corrected chi connectivity index (χ4v) is 4.00. The summed E-state index contributed by atoms with van der Waals surface area (Å²) in [6.45, 7) is 27.0. The van der Waals surface area contributed by atoms with Crippen molar-refractivity contribution in [1.29, 1.82) is 0 Å². The predicted molar refractivity (Wildman–Crippen MR) is 159 cm³/mol. The average Bonchev–Trinajstić information content (AvgIpc) is 2.71. The van der Waals surface area contributed by atoms with E-state index in [0.717, 1.165) is 22.8 Å². The fourth-order valence-electron chi connectivity index (χ4n) is 4.00. The summed E-state index contributed by atoms with van der Waals surface area (Å²) in [5.41, 5.74) is 8.70. The average molecular weight is 547 g/mol. The molecule has 0 spiro atoms. The van der Waals surface area contributed by atoms with E-state index in [2.05, 4.69) is 112 Å². The van der Waals surface area contributed by atoms with Gasteiger partial charge in [-0.1, -0.05) is 137 Å². The van der Waals surface area contributed by atoms with Crippen molar-refractivity contribution in [2.24, 2.45) is 4.99 Å². The molecule has 0 atom stereocenters. The van der Waals surface area contributed by atoms with Crippen molar-refractivity contribution < 1.29 is 22.2 Å². The van der Waals surface area contributed by atoms with Gasteiger partial charge in [0.15, 0.2) is 0 Å². The zero-order chi connectivity index (χ0) is 27.8. The summed E-state index contributed by atoms with van der Waals surface area (Å²) in [5.74, 6) is 1.75. The second kappa shape index (κ2) is 15.5. The van der Waals surface area contributed by atoms with Crippen molar-refractivity contribution in [3.63, 3.8) is 0 Å². The number of hydrogen-bond acceptors (Lipinski definition) is 2. The Labute approximate surface area is 238 Å². The van der Waals surface area contributed by atoms with Crippen molar-refractivity contribution >= 4 is 17.1 Å². The van der Waals surface area contributed by atoms with Crippen LogP contribution < -0.4 is 5.11 Å². The number of aliphatic imine (C=N–C) groups is 1. The summed E-state index contributed by atoms with van der Waals surface area (Å²) >= 11 is 0. The number of nitrogens with zero attached hydrogens (tertiary/aromatic N) is 2. The first-order chi connectivity index (χ1) is 16.5. The number of benzene rings is 2. The van der Waals surface area contributed by atoms with Crippen LogP contribution in [-0.2, 0) is 17.1 Å². The first-order valence-corrected chi connectivity index (χ1v) is 13.4. The van der Waals surface area contributed by atoms with Crippen molar-refractivity contribution in [3.05, 3.63) is 75.7 Å². The van der Waals surface area contributed by atoms with Gasteiger partial charge in [0, 0.05) is 5.71 Å². The molecule has 206 valence electrons. The summed E-state index contributed by atoms with van der Waals surface area (Å²) in [7, 11) is 0. The molecule has 0 aliphatic rings. The Hall–Kier alpha value is -1.87. The fraction of sp³-hybridized carbons (Fsp3) is 0.545. The minimum absolute atomic E-state index is 0. The van der Waals surface area contributed by atoms with Gasteiger partial charge in [-0.25, -0.2) is 0 Å². The van der Waals surface area contributed by atoms with Gasteiger partial charge < -0.3 is 10.4 Å². The third-order valence-electron chi connectivity index (χ3n) is 5.68. The molecule has 3 nitrogen and oxygen atoms in total. The van der Waals surface area contributed by atoms with E-state index < -0.39 is 5.60 Å². The van der Waals surface area contributed by atoms with Crippen LogP contribution in [0.1, 0.15) is 136 Å². The molecule has 0 bridgehead atoms. The van der Waals surface area contributed by atoms with Crippen LogP contribution in [0.4, 0.5) is 11.4 Å². The smallest absolute Gasteiger partial charge is 0.850 e. The molecule has 0 saturated heterocycles. The first-order valence-electron chi connectivity index (χ1n) is 13.4. The Balaban J connectivity index is 0.00000196. The maximum Gasteiger partial charge on any atom is 2.00 e. The van der Waals surface area contributed by atoms with Crippen LogP contribution in [0.2, 0.25) is 0 Å². The Morgan fingerprint density at radius 2 is 1.05 bits per heavy atom. The zero-order valence-corrected chi connectivity index (χ0v) is 26.6. The van der Waals surface area contributed by atoms with Gasteiger partial charge in [0.2, 0.25) is 0 Å². The molecule has 0 aromatic heterocycles. The van der Waals surface area contributed by atoms with Gasteiger partial charge in [0.05, 0.1) is 5.69 Å². The largest absolute Gasteiger partial charge is 2.00 e. The molecule has 0 radical (unpaired) electrons. The Bertz CT molecular complexity index is 982. The molecule has 2 rings (SSSR count). The number of allylic oxidation sites excluding steroid dienone is 2. The molecule has 0 fully saturated rings. The molecule has 4 heteroatoms. The normalized spacial score (nSPS) is 12.6. The van der Waals surface area contributed by atoms with Gasteiger partial charge in [-0.15, -0.1) is 11.3 Å². The summed E-state index contributed by atoms with van der Waals surface area (Å²) in [5, 5.41) is 15.2. The van der Waals surface area contributed by atoms with E-state index in [1.165, 1.54) is 22.3 Å². The molecule has 0 unspecified atom stereocenters. The summed E-state index contributed by atoms with van der Waals surface area (Å²) in [6, 6.07) is 13.1. The molecule has 2 aromatic rings. The van der Waals surface area contributed by atoms with Gasteiger partial charge >= 0.3 is 17.1 Å². The van der Waals surface area contributed by atoms with Crippen LogP contribution in [0, 0.1) is 0 Å². The minimum Gasteiger partial charge on any atom is -0.850 e. The molecule has 0 aliphatic heterocycles. The molecule has 0 aliphatic carbocycles. The van der Waals surface area contributed by atoms with E-state index in [0.29, 0.717) is 23.7 Å². The number of rotatable bonds is 8. The van der Waals surface area contributed by atoms with E-state index in [9.17, 15) is 5.11 Å². The number of hydrogen-bond donors (Lipinski definition) is 0. The quantitative estimate of drug-likeness (QED) is 0.240. The van der Waals surface area contributed by atoms with Crippen molar-refractivity contribution in [1.82, 2.24) is 0 Å². The SMILES string of the molecule is CC(/C=C(/C)[N-]c1c(C(C)C)cccc1C(C)C)=Nc1c(C(C)C)cccc1C(C)C.CC(C)(C)[O-].[Fe+2]. The van der Waals surface area contributed by atoms with E-state index in [1.54, 1.807) is 20.8 Å². The van der Waals surface area contributed by atoms with E-state index in [4.69, 9.17) is 10.3 Å². The molecular formula is C33H50FeN2O. The van der Waals surface area contributed by atoms with Crippen molar-refractivity contribution in [2.45, 2.75) is 119 Å². The maximum absolute atomic E-state index is 10.1.